The molecule has 3 aromatic rings. The lowest BCUT2D eigenvalue weighted by Crippen LogP contribution is -2.36. The summed E-state index contributed by atoms with van der Waals surface area (Å²) in [6.45, 7) is 4.04. The summed E-state index contributed by atoms with van der Waals surface area (Å²) in [7, 11) is 0. The maximum atomic E-state index is 5.50. The molecule has 1 fully saturated rings. The summed E-state index contributed by atoms with van der Waals surface area (Å²) in [4.78, 5) is 2.32. The number of hydrogen-bond donors (Lipinski definition) is 0. The van der Waals surface area contributed by atoms with Crippen LogP contribution in [0.5, 0.6) is 0 Å². The van der Waals surface area contributed by atoms with E-state index in [0.717, 1.165) is 43.1 Å². The molecule has 0 N–H and O–H groups in total. The largest absolute Gasteiger partial charge is 0.378 e. The fourth-order valence-corrected chi connectivity index (χ4v) is 3.37. The zero-order valence-corrected chi connectivity index (χ0v) is 15.5. The highest BCUT2D eigenvalue weighted by molar-refractivity contribution is 9.10. The maximum Gasteiger partial charge on any atom is 0.158 e. The zero-order valence-electron chi connectivity index (χ0n) is 13.9. The SMILES string of the molecule is Brc1ccc(-c2cn(Cc3ccccc3)nc2N2CCOCC2)cc1. The second-order valence-electron chi connectivity index (χ2n) is 6.16. The minimum absolute atomic E-state index is 0.755. The Morgan fingerprint density at radius 2 is 1.68 bits per heavy atom. The van der Waals surface area contributed by atoms with Crippen LogP contribution in [0.4, 0.5) is 5.82 Å². The van der Waals surface area contributed by atoms with Gasteiger partial charge >= 0.3 is 0 Å². The van der Waals surface area contributed by atoms with Crippen LogP contribution in [0, 0.1) is 0 Å². The molecular formula is C20H20BrN3O. The lowest BCUT2D eigenvalue weighted by Gasteiger charge is -2.27. The van der Waals surface area contributed by atoms with Crippen molar-refractivity contribution < 1.29 is 4.74 Å². The van der Waals surface area contributed by atoms with E-state index < -0.39 is 0 Å². The number of rotatable bonds is 4. The van der Waals surface area contributed by atoms with Crippen LogP contribution < -0.4 is 4.90 Å². The molecule has 0 aliphatic carbocycles. The van der Waals surface area contributed by atoms with Crippen molar-refractivity contribution in [2.75, 3.05) is 31.2 Å². The van der Waals surface area contributed by atoms with Crippen LogP contribution in [0.15, 0.2) is 65.3 Å². The van der Waals surface area contributed by atoms with E-state index >= 15 is 0 Å². The first-order valence-corrected chi connectivity index (χ1v) is 9.29. The van der Waals surface area contributed by atoms with Crippen molar-refractivity contribution >= 4 is 21.7 Å². The number of ether oxygens (including phenoxy) is 1. The summed E-state index contributed by atoms with van der Waals surface area (Å²) >= 11 is 3.51. The summed E-state index contributed by atoms with van der Waals surface area (Å²) in [5.74, 6) is 1.04. The fourth-order valence-electron chi connectivity index (χ4n) is 3.10. The van der Waals surface area contributed by atoms with E-state index in [2.05, 4.69) is 75.6 Å². The Morgan fingerprint density at radius 3 is 2.40 bits per heavy atom. The Hall–Kier alpha value is -2.11. The van der Waals surface area contributed by atoms with Crippen LogP contribution >= 0.6 is 15.9 Å². The van der Waals surface area contributed by atoms with Crippen molar-refractivity contribution in [1.82, 2.24) is 9.78 Å². The summed E-state index contributed by atoms with van der Waals surface area (Å²) in [6, 6.07) is 18.9. The van der Waals surface area contributed by atoms with Crippen LogP contribution in [0.1, 0.15) is 5.56 Å². The minimum Gasteiger partial charge on any atom is -0.378 e. The predicted octanol–water partition coefficient (Wildman–Crippen LogP) is 4.20. The first kappa shape index (κ1) is 16.4. The Morgan fingerprint density at radius 1 is 0.960 bits per heavy atom. The molecule has 1 aliphatic heterocycles. The molecule has 1 saturated heterocycles. The van der Waals surface area contributed by atoms with E-state index in [0.29, 0.717) is 0 Å². The van der Waals surface area contributed by atoms with Gasteiger partial charge in [0.05, 0.1) is 19.8 Å². The van der Waals surface area contributed by atoms with Crippen molar-refractivity contribution in [3.63, 3.8) is 0 Å². The van der Waals surface area contributed by atoms with Gasteiger partial charge in [-0.1, -0.05) is 58.4 Å². The standard InChI is InChI=1S/C20H20BrN3O/c21-18-8-6-17(7-9-18)19-15-24(14-16-4-2-1-3-5-16)22-20(19)23-10-12-25-13-11-23/h1-9,15H,10-14H2. The van der Waals surface area contributed by atoms with Crippen molar-refractivity contribution in [3.05, 3.63) is 70.8 Å². The highest BCUT2D eigenvalue weighted by atomic mass is 79.9. The van der Waals surface area contributed by atoms with Crippen molar-refractivity contribution in [1.29, 1.82) is 0 Å². The van der Waals surface area contributed by atoms with E-state index in [1.54, 1.807) is 0 Å². The normalized spacial score (nSPS) is 14.7. The van der Waals surface area contributed by atoms with Gasteiger partial charge in [0.2, 0.25) is 0 Å². The number of aromatic nitrogens is 2. The number of hydrogen-bond acceptors (Lipinski definition) is 3. The Labute approximate surface area is 156 Å². The molecule has 0 spiro atoms. The van der Waals surface area contributed by atoms with Gasteiger partial charge in [0.15, 0.2) is 5.82 Å². The monoisotopic (exact) mass is 397 g/mol. The summed E-state index contributed by atoms with van der Waals surface area (Å²) in [5, 5.41) is 4.90. The average Bonchev–Trinajstić information content (AvgIpc) is 3.08. The molecule has 0 saturated carbocycles. The van der Waals surface area contributed by atoms with E-state index in [-0.39, 0.29) is 0 Å². The van der Waals surface area contributed by atoms with Crippen LogP contribution in [0.3, 0.4) is 0 Å². The fraction of sp³-hybridized carbons (Fsp3) is 0.250. The molecule has 25 heavy (non-hydrogen) atoms. The van der Waals surface area contributed by atoms with Gasteiger partial charge in [0.1, 0.15) is 0 Å². The number of anilines is 1. The molecule has 0 bridgehead atoms. The smallest absolute Gasteiger partial charge is 0.158 e. The van der Waals surface area contributed by atoms with Crippen molar-refractivity contribution in [2.45, 2.75) is 6.54 Å². The third-order valence-electron chi connectivity index (χ3n) is 4.40. The van der Waals surface area contributed by atoms with Crippen LogP contribution in [0.2, 0.25) is 0 Å². The van der Waals surface area contributed by atoms with Crippen LogP contribution in [-0.4, -0.2) is 36.1 Å². The first-order valence-electron chi connectivity index (χ1n) is 8.49. The van der Waals surface area contributed by atoms with Gasteiger partial charge in [0.25, 0.3) is 0 Å². The number of nitrogens with zero attached hydrogens (tertiary/aromatic N) is 3. The predicted molar refractivity (Wildman–Crippen MR) is 104 cm³/mol. The highest BCUT2D eigenvalue weighted by Gasteiger charge is 2.20. The molecule has 2 aromatic carbocycles. The van der Waals surface area contributed by atoms with Gasteiger partial charge in [-0.2, -0.15) is 5.10 Å². The Kier molecular flexibility index (Phi) is 4.85. The van der Waals surface area contributed by atoms with E-state index in [4.69, 9.17) is 9.84 Å². The first-order chi connectivity index (χ1) is 12.3. The molecule has 4 rings (SSSR count). The lowest BCUT2D eigenvalue weighted by molar-refractivity contribution is 0.122. The molecule has 128 valence electrons. The molecule has 4 nitrogen and oxygen atoms in total. The summed E-state index contributed by atoms with van der Waals surface area (Å²) in [5.41, 5.74) is 3.61. The quantitative estimate of drug-likeness (QED) is 0.660. The third kappa shape index (κ3) is 3.78. The molecule has 0 amide bonds. The molecule has 5 heteroatoms. The number of morpholine rings is 1. The molecular weight excluding hydrogens is 378 g/mol. The van der Waals surface area contributed by atoms with Gasteiger partial charge in [0, 0.05) is 29.3 Å². The van der Waals surface area contributed by atoms with Crippen LogP contribution in [0.25, 0.3) is 11.1 Å². The second kappa shape index (κ2) is 7.42. The highest BCUT2D eigenvalue weighted by Crippen LogP contribution is 2.31. The molecule has 2 heterocycles. The summed E-state index contributed by atoms with van der Waals surface area (Å²) in [6.07, 6.45) is 2.15. The topological polar surface area (TPSA) is 30.3 Å². The average molecular weight is 398 g/mol. The molecule has 1 aromatic heterocycles. The second-order valence-corrected chi connectivity index (χ2v) is 7.07. The van der Waals surface area contributed by atoms with E-state index in [1.807, 2.05) is 10.7 Å². The van der Waals surface area contributed by atoms with Gasteiger partial charge in [-0.15, -0.1) is 0 Å². The number of halogens is 1. The maximum absolute atomic E-state index is 5.50. The zero-order chi connectivity index (χ0) is 17.1. The lowest BCUT2D eigenvalue weighted by atomic mass is 10.1. The Balaban J connectivity index is 1.70. The number of benzene rings is 2. The van der Waals surface area contributed by atoms with Crippen molar-refractivity contribution in [2.24, 2.45) is 0 Å². The van der Waals surface area contributed by atoms with Crippen molar-refractivity contribution in [3.8, 4) is 11.1 Å². The van der Waals surface area contributed by atoms with Gasteiger partial charge in [-0.05, 0) is 23.3 Å². The van der Waals surface area contributed by atoms with Crippen LogP contribution in [-0.2, 0) is 11.3 Å². The third-order valence-corrected chi connectivity index (χ3v) is 4.92. The Bertz CT molecular complexity index is 824. The minimum atomic E-state index is 0.755. The van der Waals surface area contributed by atoms with Gasteiger partial charge in [-0.3, -0.25) is 4.68 Å². The van der Waals surface area contributed by atoms with E-state index in [1.165, 1.54) is 16.7 Å². The molecule has 0 radical (unpaired) electrons. The molecule has 0 unspecified atom stereocenters. The molecule has 1 aliphatic rings. The van der Waals surface area contributed by atoms with Gasteiger partial charge in [-0.25, -0.2) is 0 Å². The molecule has 0 atom stereocenters. The van der Waals surface area contributed by atoms with Gasteiger partial charge < -0.3 is 9.64 Å². The van der Waals surface area contributed by atoms with E-state index in [9.17, 15) is 0 Å². The summed E-state index contributed by atoms with van der Waals surface area (Å²) < 4.78 is 8.63.